The van der Waals surface area contributed by atoms with Crippen molar-refractivity contribution >= 4 is 45.5 Å². The Labute approximate surface area is 206 Å². The number of rotatable bonds is 7. The Morgan fingerprint density at radius 3 is 2.31 bits per heavy atom. The highest BCUT2D eigenvalue weighted by atomic mass is 16.2. The molecule has 0 atom stereocenters. The van der Waals surface area contributed by atoms with Gasteiger partial charge in [0.05, 0.1) is 22.2 Å². The van der Waals surface area contributed by atoms with E-state index in [0.29, 0.717) is 35.0 Å². The Kier molecular flexibility index (Phi) is 5.25. The zero-order chi connectivity index (χ0) is 24.6. The summed E-state index contributed by atoms with van der Waals surface area (Å²) in [6.45, 7) is 2.76. The number of imidazole rings is 1. The second-order valence-corrected chi connectivity index (χ2v) is 8.43. The number of hydrazine groups is 1. The van der Waals surface area contributed by atoms with Crippen LogP contribution in [0.25, 0.3) is 27.8 Å². The number of benzene rings is 3. The Bertz CT molecular complexity index is 1590. The topological polar surface area (TPSA) is 118 Å². The van der Waals surface area contributed by atoms with Gasteiger partial charge in [0.1, 0.15) is 6.33 Å². The van der Waals surface area contributed by atoms with E-state index in [4.69, 9.17) is 0 Å². The van der Waals surface area contributed by atoms with Crippen molar-refractivity contribution in [3.8, 4) is 5.95 Å². The Morgan fingerprint density at radius 1 is 0.833 bits per heavy atom. The van der Waals surface area contributed by atoms with Gasteiger partial charge in [0, 0.05) is 11.9 Å². The fourth-order valence-corrected chi connectivity index (χ4v) is 4.33. The van der Waals surface area contributed by atoms with Crippen LogP contribution in [-0.4, -0.2) is 47.9 Å². The van der Waals surface area contributed by atoms with Crippen LogP contribution >= 0.6 is 0 Å². The third-order valence-electron chi connectivity index (χ3n) is 6.09. The molecule has 0 aliphatic carbocycles. The average molecular weight is 479 g/mol. The first-order chi connectivity index (χ1) is 17.6. The minimum Gasteiger partial charge on any atom is -0.354 e. The molecule has 5 aromatic rings. The number of nitrogens with one attached hydrogen (secondary N) is 2. The van der Waals surface area contributed by atoms with E-state index in [1.165, 1.54) is 0 Å². The molecule has 1 aliphatic heterocycles. The number of unbranched alkanes of at least 4 members (excludes halogenated alkanes) is 1. The van der Waals surface area contributed by atoms with E-state index in [1.54, 1.807) is 35.2 Å². The summed E-state index contributed by atoms with van der Waals surface area (Å²) in [4.78, 5) is 44.6. The molecule has 36 heavy (non-hydrogen) atoms. The minimum atomic E-state index is -0.472. The SMILES string of the molecule is CCCCNc1nc(NN2C(=O)c3cccc4cccc(c34)C2=O)nc(-n2cnc3ccccc32)n1. The fourth-order valence-electron chi connectivity index (χ4n) is 4.33. The van der Waals surface area contributed by atoms with Crippen molar-refractivity contribution in [2.24, 2.45) is 0 Å². The molecule has 2 aromatic heterocycles. The van der Waals surface area contributed by atoms with Gasteiger partial charge in [-0.3, -0.25) is 19.6 Å². The Hall–Kier alpha value is -4.86. The summed E-state index contributed by atoms with van der Waals surface area (Å²) in [5.41, 5.74) is 5.33. The van der Waals surface area contributed by atoms with Crippen LogP contribution in [0.15, 0.2) is 67.0 Å². The normalized spacial score (nSPS) is 13.0. The van der Waals surface area contributed by atoms with Gasteiger partial charge in [-0.25, -0.2) is 4.98 Å². The van der Waals surface area contributed by atoms with Crippen LogP contribution in [0, 0.1) is 0 Å². The maximum atomic E-state index is 13.3. The first-order valence-corrected chi connectivity index (χ1v) is 11.7. The van der Waals surface area contributed by atoms with Crippen molar-refractivity contribution in [3.05, 3.63) is 78.1 Å². The summed E-state index contributed by atoms with van der Waals surface area (Å²) in [6.07, 6.45) is 3.57. The number of carbonyl (C=O) groups is 2. The number of amides is 2. The predicted molar refractivity (Wildman–Crippen MR) is 136 cm³/mol. The van der Waals surface area contributed by atoms with Gasteiger partial charge in [0.15, 0.2) is 0 Å². The molecule has 2 amide bonds. The van der Waals surface area contributed by atoms with E-state index in [-0.39, 0.29) is 5.95 Å². The number of carbonyl (C=O) groups excluding carboxylic acids is 2. The van der Waals surface area contributed by atoms with Crippen LogP contribution in [-0.2, 0) is 0 Å². The largest absolute Gasteiger partial charge is 0.354 e. The first-order valence-electron chi connectivity index (χ1n) is 11.7. The highest BCUT2D eigenvalue weighted by Crippen LogP contribution is 2.30. The number of nitrogens with zero attached hydrogens (tertiary/aromatic N) is 6. The van der Waals surface area contributed by atoms with Crippen LogP contribution < -0.4 is 10.7 Å². The molecular formula is C26H22N8O2. The van der Waals surface area contributed by atoms with Gasteiger partial charge in [0.2, 0.25) is 17.8 Å². The summed E-state index contributed by atoms with van der Waals surface area (Å²) in [5, 5.41) is 5.65. The molecule has 178 valence electrons. The molecule has 2 N–H and O–H groups in total. The van der Waals surface area contributed by atoms with Gasteiger partial charge in [-0.2, -0.15) is 20.0 Å². The number of hydrogen-bond donors (Lipinski definition) is 2. The van der Waals surface area contributed by atoms with E-state index in [9.17, 15) is 9.59 Å². The van der Waals surface area contributed by atoms with Crippen molar-refractivity contribution < 1.29 is 9.59 Å². The standard InChI is InChI=1S/C26H22N8O2/c1-2-3-14-27-24-29-25(31-26(30-24)33-15-28-19-12-4-5-13-20(19)33)32-34-22(35)17-10-6-8-16-9-7-11-18(21(16)17)23(34)36/h4-13,15H,2-3,14H2,1H3,(H2,27,29,30,31,32). The molecule has 10 nitrogen and oxygen atoms in total. The quantitative estimate of drug-likeness (QED) is 0.264. The maximum absolute atomic E-state index is 13.3. The van der Waals surface area contributed by atoms with Crippen LogP contribution in [0.3, 0.4) is 0 Å². The molecule has 10 heteroatoms. The van der Waals surface area contributed by atoms with Gasteiger partial charge < -0.3 is 5.32 Å². The van der Waals surface area contributed by atoms with Crippen molar-refractivity contribution in [1.82, 2.24) is 29.5 Å². The maximum Gasteiger partial charge on any atom is 0.280 e. The molecule has 0 fully saturated rings. The monoisotopic (exact) mass is 478 g/mol. The van der Waals surface area contributed by atoms with Crippen molar-refractivity contribution in [2.45, 2.75) is 19.8 Å². The van der Waals surface area contributed by atoms with Gasteiger partial charge in [-0.1, -0.05) is 49.7 Å². The number of aromatic nitrogens is 5. The molecule has 0 bridgehead atoms. The highest BCUT2D eigenvalue weighted by molar-refractivity contribution is 6.25. The molecular weight excluding hydrogens is 456 g/mol. The lowest BCUT2D eigenvalue weighted by Gasteiger charge is -2.27. The van der Waals surface area contributed by atoms with Crippen molar-refractivity contribution in [1.29, 1.82) is 0 Å². The van der Waals surface area contributed by atoms with Gasteiger partial charge in [-0.15, -0.1) is 0 Å². The number of anilines is 2. The number of para-hydroxylation sites is 2. The lowest BCUT2D eigenvalue weighted by molar-refractivity contribution is 0.0647. The number of fused-ring (bicyclic) bond motifs is 1. The van der Waals surface area contributed by atoms with Crippen LogP contribution in [0.1, 0.15) is 40.5 Å². The van der Waals surface area contributed by atoms with E-state index < -0.39 is 11.8 Å². The van der Waals surface area contributed by atoms with Crippen LogP contribution in [0.5, 0.6) is 0 Å². The molecule has 0 unspecified atom stereocenters. The second-order valence-electron chi connectivity index (χ2n) is 8.43. The average Bonchev–Trinajstić information content (AvgIpc) is 3.34. The third kappa shape index (κ3) is 3.59. The van der Waals surface area contributed by atoms with E-state index in [1.807, 2.05) is 36.4 Å². The summed E-state index contributed by atoms with van der Waals surface area (Å²) >= 11 is 0. The molecule has 0 radical (unpaired) electrons. The summed E-state index contributed by atoms with van der Waals surface area (Å²) in [7, 11) is 0. The molecule has 0 saturated carbocycles. The zero-order valence-corrected chi connectivity index (χ0v) is 19.5. The molecule has 6 rings (SSSR count). The molecule has 0 saturated heterocycles. The lowest BCUT2D eigenvalue weighted by Crippen LogP contribution is -2.44. The number of imide groups is 1. The molecule has 3 heterocycles. The summed E-state index contributed by atoms with van der Waals surface area (Å²) in [6, 6.07) is 18.4. The number of hydrogen-bond acceptors (Lipinski definition) is 8. The Morgan fingerprint density at radius 2 is 1.56 bits per heavy atom. The third-order valence-corrected chi connectivity index (χ3v) is 6.09. The van der Waals surface area contributed by atoms with Gasteiger partial charge in [0.25, 0.3) is 11.8 Å². The molecule has 3 aromatic carbocycles. The second kappa shape index (κ2) is 8.73. The predicted octanol–water partition coefficient (Wildman–Crippen LogP) is 4.20. The van der Waals surface area contributed by atoms with E-state index >= 15 is 0 Å². The van der Waals surface area contributed by atoms with E-state index in [2.05, 4.69) is 37.6 Å². The summed E-state index contributed by atoms with van der Waals surface area (Å²) < 4.78 is 1.74. The highest BCUT2D eigenvalue weighted by Gasteiger charge is 2.33. The van der Waals surface area contributed by atoms with E-state index in [0.717, 1.165) is 34.3 Å². The van der Waals surface area contributed by atoms with Crippen molar-refractivity contribution in [2.75, 3.05) is 17.3 Å². The van der Waals surface area contributed by atoms with Crippen molar-refractivity contribution in [3.63, 3.8) is 0 Å². The fraction of sp³-hybridized carbons (Fsp3) is 0.154. The van der Waals surface area contributed by atoms with Crippen LogP contribution in [0.2, 0.25) is 0 Å². The Balaban J connectivity index is 1.41. The smallest absolute Gasteiger partial charge is 0.280 e. The zero-order valence-electron chi connectivity index (χ0n) is 19.5. The minimum absolute atomic E-state index is 0.0602. The summed E-state index contributed by atoms with van der Waals surface area (Å²) in [5.74, 6) is -0.252. The molecule has 1 aliphatic rings. The van der Waals surface area contributed by atoms with Crippen LogP contribution in [0.4, 0.5) is 11.9 Å². The molecule has 0 spiro atoms. The first kappa shape index (κ1) is 21.7. The lowest BCUT2D eigenvalue weighted by atomic mass is 9.95. The van der Waals surface area contributed by atoms with Gasteiger partial charge in [-0.05, 0) is 36.1 Å². The van der Waals surface area contributed by atoms with Gasteiger partial charge >= 0.3 is 0 Å².